The van der Waals surface area contributed by atoms with Crippen LogP contribution < -0.4 is 5.32 Å². The van der Waals surface area contributed by atoms with Crippen molar-refractivity contribution in [3.05, 3.63) is 35.7 Å². The minimum Gasteiger partial charge on any atom is -0.465 e. The number of esters is 1. The molecule has 1 N–H and O–H groups in total. The van der Waals surface area contributed by atoms with E-state index in [1.807, 2.05) is 6.07 Å². The maximum atomic E-state index is 11.6. The summed E-state index contributed by atoms with van der Waals surface area (Å²) in [5, 5.41) is 7.45. The Kier molecular flexibility index (Phi) is 5.02. The van der Waals surface area contributed by atoms with E-state index >= 15 is 0 Å². The van der Waals surface area contributed by atoms with E-state index < -0.39 is 0 Å². The van der Waals surface area contributed by atoms with Gasteiger partial charge in [0.15, 0.2) is 0 Å². The summed E-state index contributed by atoms with van der Waals surface area (Å²) >= 11 is 0. The van der Waals surface area contributed by atoms with Crippen molar-refractivity contribution < 1.29 is 14.1 Å². The number of ether oxygens (including phenoxy) is 1. The van der Waals surface area contributed by atoms with Crippen LogP contribution in [0.4, 0.5) is 0 Å². The summed E-state index contributed by atoms with van der Waals surface area (Å²) < 4.78 is 10.1. The molecule has 122 valence electrons. The number of methoxy groups -OCH3 is 1. The van der Waals surface area contributed by atoms with Crippen molar-refractivity contribution in [3.63, 3.8) is 0 Å². The van der Waals surface area contributed by atoms with Gasteiger partial charge in [0.05, 0.1) is 12.7 Å². The molecule has 2 heterocycles. The second-order valence-electron chi connectivity index (χ2n) is 5.84. The fourth-order valence-corrected chi connectivity index (χ4v) is 2.90. The first kappa shape index (κ1) is 15.7. The largest absolute Gasteiger partial charge is 0.465 e. The van der Waals surface area contributed by atoms with E-state index in [-0.39, 0.29) is 5.97 Å². The lowest BCUT2D eigenvalue weighted by Crippen LogP contribution is -2.14. The molecule has 0 amide bonds. The molecule has 3 rings (SSSR count). The van der Waals surface area contributed by atoms with Gasteiger partial charge in [0.1, 0.15) is 0 Å². The summed E-state index contributed by atoms with van der Waals surface area (Å²) in [6, 6.07) is 7.07. The van der Waals surface area contributed by atoms with Crippen LogP contribution in [-0.2, 0) is 11.2 Å². The van der Waals surface area contributed by atoms with Gasteiger partial charge in [-0.25, -0.2) is 4.79 Å². The molecule has 1 aromatic heterocycles. The van der Waals surface area contributed by atoms with Crippen molar-refractivity contribution >= 4 is 5.97 Å². The highest BCUT2D eigenvalue weighted by atomic mass is 16.5. The lowest BCUT2D eigenvalue weighted by molar-refractivity contribution is 0.0601. The molecule has 6 heteroatoms. The number of carbonyl (C=O) groups is 1. The molecule has 1 aromatic carbocycles. The molecule has 0 radical (unpaired) electrons. The molecule has 6 nitrogen and oxygen atoms in total. The minimum absolute atomic E-state index is 0.374. The van der Waals surface area contributed by atoms with Crippen LogP contribution in [0.25, 0.3) is 11.4 Å². The number of benzene rings is 1. The van der Waals surface area contributed by atoms with Crippen molar-refractivity contribution in [2.75, 3.05) is 20.2 Å². The van der Waals surface area contributed by atoms with Crippen LogP contribution in [0, 0.1) is 5.92 Å². The van der Waals surface area contributed by atoms with Crippen molar-refractivity contribution in [1.29, 1.82) is 0 Å². The molecule has 0 aliphatic carbocycles. The third kappa shape index (κ3) is 3.96. The number of aromatic nitrogens is 2. The Morgan fingerprint density at radius 3 is 3.17 bits per heavy atom. The van der Waals surface area contributed by atoms with Crippen LogP contribution in [0.5, 0.6) is 0 Å². The van der Waals surface area contributed by atoms with E-state index in [0.717, 1.165) is 31.5 Å². The molecule has 1 fully saturated rings. The van der Waals surface area contributed by atoms with Crippen molar-refractivity contribution in [2.24, 2.45) is 5.92 Å². The summed E-state index contributed by atoms with van der Waals surface area (Å²) in [5.41, 5.74) is 1.23. The first-order valence-corrected chi connectivity index (χ1v) is 7.98. The molecule has 0 saturated carbocycles. The van der Waals surface area contributed by atoms with Gasteiger partial charge in [0, 0.05) is 12.0 Å². The topological polar surface area (TPSA) is 77.2 Å². The SMILES string of the molecule is COC(=O)c1cccc(-c2noc(CC3CCCNCC3)n2)c1. The Bertz CT molecular complexity index is 661. The second-order valence-corrected chi connectivity index (χ2v) is 5.84. The Hall–Kier alpha value is -2.21. The Morgan fingerprint density at radius 1 is 1.39 bits per heavy atom. The molecule has 1 aliphatic heterocycles. The first-order valence-electron chi connectivity index (χ1n) is 7.98. The molecular formula is C17H21N3O3. The summed E-state index contributed by atoms with van der Waals surface area (Å²) in [7, 11) is 1.36. The average Bonchev–Trinajstić information content (AvgIpc) is 2.90. The fraction of sp³-hybridized carbons (Fsp3) is 0.471. The van der Waals surface area contributed by atoms with E-state index in [9.17, 15) is 4.79 Å². The number of hydrogen-bond acceptors (Lipinski definition) is 6. The number of nitrogens with one attached hydrogen (secondary N) is 1. The molecule has 0 bridgehead atoms. The molecule has 1 unspecified atom stereocenters. The summed E-state index contributed by atoms with van der Waals surface area (Å²) in [6.45, 7) is 2.14. The number of nitrogens with zero attached hydrogens (tertiary/aromatic N) is 2. The van der Waals surface area contributed by atoms with Crippen molar-refractivity contribution in [1.82, 2.24) is 15.5 Å². The van der Waals surface area contributed by atoms with Gasteiger partial charge >= 0.3 is 5.97 Å². The van der Waals surface area contributed by atoms with Gasteiger partial charge in [-0.05, 0) is 50.4 Å². The van der Waals surface area contributed by atoms with Crippen LogP contribution in [0.2, 0.25) is 0 Å². The summed E-state index contributed by atoms with van der Waals surface area (Å²) in [4.78, 5) is 16.1. The average molecular weight is 315 g/mol. The van der Waals surface area contributed by atoms with E-state index in [4.69, 9.17) is 9.26 Å². The smallest absolute Gasteiger partial charge is 0.337 e. The van der Waals surface area contributed by atoms with Crippen LogP contribution >= 0.6 is 0 Å². The highest BCUT2D eigenvalue weighted by Gasteiger charge is 2.17. The minimum atomic E-state index is -0.374. The molecule has 1 aliphatic rings. The third-order valence-corrected chi connectivity index (χ3v) is 4.17. The van der Waals surface area contributed by atoms with Crippen LogP contribution in [-0.4, -0.2) is 36.3 Å². The zero-order valence-corrected chi connectivity index (χ0v) is 13.2. The van der Waals surface area contributed by atoms with Crippen molar-refractivity contribution in [3.8, 4) is 11.4 Å². The van der Waals surface area contributed by atoms with Gasteiger partial charge in [-0.2, -0.15) is 4.98 Å². The molecule has 23 heavy (non-hydrogen) atoms. The highest BCUT2D eigenvalue weighted by molar-refractivity contribution is 5.90. The van der Waals surface area contributed by atoms with Gasteiger partial charge in [-0.3, -0.25) is 0 Å². The number of hydrogen-bond donors (Lipinski definition) is 1. The zero-order chi connectivity index (χ0) is 16.1. The van der Waals surface area contributed by atoms with Gasteiger partial charge in [-0.1, -0.05) is 17.3 Å². The number of rotatable bonds is 4. The second kappa shape index (κ2) is 7.37. The highest BCUT2D eigenvalue weighted by Crippen LogP contribution is 2.22. The molecule has 2 aromatic rings. The molecule has 1 atom stereocenters. The lowest BCUT2D eigenvalue weighted by Gasteiger charge is -2.09. The van der Waals surface area contributed by atoms with E-state index in [1.165, 1.54) is 20.0 Å². The normalized spacial score (nSPS) is 18.4. The van der Waals surface area contributed by atoms with Gasteiger partial charge < -0.3 is 14.6 Å². The Balaban J connectivity index is 1.72. The number of carbonyl (C=O) groups excluding carboxylic acids is 1. The standard InChI is InChI=1S/C17H21N3O3/c1-22-17(21)14-6-2-5-13(11-14)16-19-15(23-20-16)10-12-4-3-8-18-9-7-12/h2,5-6,11-12,18H,3-4,7-10H2,1H3. The fourth-order valence-electron chi connectivity index (χ4n) is 2.90. The Labute approximate surface area is 135 Å². The third-order valence-electron chi connectivity index (χ3n) is 4.17. The maximum Gasteiger partial charge on any atom is 0.337 e. The van der Waals surface area contributed by atoms with Crippen molar-refractivity contribution in [2.45, 2.75) is 25.7 Å². The molecule has 1 saturated heterocycles. The van der Waals surface area contributed by atoms with E-state index in [0.29, 0.717) is 23.2 Å². The van der Waals surface area contributed by atoms with E-state index in [1.54, 1.807) is 18.2 Å². The Morgan fingerprint density at radius 2 is 2.30 bits per heavy atom. The van der Waals surface area contributed by atoms with Crippen LogP contribution in [0.15, 0.2) is 28.8 Å². The van der Waals surface area contributed by atoms with E-state index in [2.05, 4.69) is 15.5 Å². The maximum absolute atomic E-state index is 11.6. The van der Waals surface area contributed by atoms with Gasteiger partial charge in [0.25, 0.3) is 0 Å². The predicted octanol–water partition coefficient (Wildman–Crippen LogP) is 2.46. The van der Waals surface area contributed by atoms with Gasteiger partial charge in [0.2, 0.25) is 11.7 Å². The zero-order valence-electron chi connectivity index (χ0n) is 13.2. The summed E-state index contributed by atoms with van der Waals surface area (Å²) in [6.07, 6.45) is 4.32. The lowest BCUT2D eigenvalue weighted by atomic mass is 9.97. The molecular weight excluding hydrogens is 294 g/mol. The monoisotopic (exact) mass is 315 g/mol. The predicted molar refractivity (Wildman–Crippen MR) is 85.0 cm³/mol. The van der Waals surface area contributed by atoms with Crippen LogP contribution in [0.3, 0.4) is 0 Å². The van der Waals surface area contributed by atoms with Gasteiger partial charge in [-0.15, -0.1) is 0 Å². The molecule has 0 spiro atoms. The first-order chi connectivity index (χ1) is 11.3. The summed E-state index contributed by atoms with van der Waals surface area (Å²) in [5.74, 6) is 1.38. The van der Waals surface area contributed by atoms with Crippen LogP contribution in [0.1, 0.15) is 35.5 Å². The quantitative estimate of drug-likeness (QED) is 0.873.